The molecule has 2 heterocycles. The number of hydrogen-bond donors (Lipinski definition) is 1. The first-order valence-corrected chi connectivity index (χ1v) is 7.49. The van der Waals surface area contributed by atoms with Crippen LogP contribution >= 0.6 is 11.8 Å². The minimum atomic E-state index is -0.722. The number of aromatic nitrogens is 2. The van der Waals surface area contributed by atoms with Gasteiger partial charge in [-0.3, -0.25) is 14.2 Å². The standard InChI is InChI=1S/C14H11F2N3O2S/c15-9-3-8(4-10(16)5-9)6-17-12(20)11-7-18-14-19(13(11)21)1-2-22-14/h3-5,7H,1-2,6H2,(H,17,20). The van der Waals surface area contributed by atoms with Crippen LogP contribution in [-0.2, 0) is 13.1 Å². The molecule has 8 heteroatoms. The van der Waals surface area contributed by atoms with Crippen LogP contribution in [0.1, 0.15) is 15.9 Å². The second kappa shape index (κ2) is 5.88. The van der Waals surface area contributed by atoms with Gasteiger partial charge in [-0.25, -0.2) is 13.8 Å². The second-order valence-corrected chi connectivity index (χ2v) is 5.78. The summed E-state index contributed by atoms with van der Waals surface area (Å²) in [6.07, 6.45) is 1.23. The lowest BCUT2D eigenvalue weighted by atomic mass is 10.2. The Morgan fingerprint density at radius 2 is 2.05 bits per heavy atom. The maximum Gasteiger partial charge on any atom is 0.267 e. The van der Waals surface area contributed by atoms with Crippen LogP contribution in [0.2, 0.25) is 0 Å². The average Bonchev–Trinajstić information content (AvgIpc) is 2.93. The van der Waals surface area contributed by atoms with Crippen LogP contribution in [0.25, 0.3) is 0 Å². The fraction of sp³-hybridized carbons (Fsp3) is 0.214. The van der Waals surface area contributed by atoms with E-state index in [1.807, 2.05) is 0 Å². The summed E-state index contributed by atoms with van der Waals surface area (Å²) < 4.78 is 27.6. The van der Waals surface area contributed by atoms with Gasteiger partial charge in [0.05, 0.1) is 0 Å². The van der Waals surface area contributed by atoms with Crippen LogP contribution in [0.5, 0.6) is 0 Å². The Labute approximate surface area is 128 Å². The van der Waals surface area contributed by atoms with Crippen molar-refractivity contribution >= 4 is 17.7 Å². The molecule has 2 aromatic rings. The van der Waals surface area contributed by atoms with Crippen molar-refractivity contribution in [2.75, 3.05) is 5.75 Å². The molecule has 1 amide bonds. The zero-order valence-corrected chi connectivity index (χ0v) is 12.1. The maximum absolute atomic E-state index is 13.1. The Hall–Kier alpha value is -2.22. The van der Waals surface area contributed by atoms with Gasteiger partial charge in [-0.1, -0.05) is 11.8 Å². The van der Waals surface area contributed by atoms with E-state index < -0.39 is 23.1 Å². The Balaban J connectivity index is 1.77. The summed E-state index contributed by atoms with van der Waals surface area (Å²) in [5, 5.41) is 3.06. The Morgan fingerprint density at radius 3 is 2.77 bits per heavy atom. The minimum absolute atomic E-state index is 0.0799. The molecule has 0 fully saturated rings. The van der Waals surface area contributed by atoms with Crippen LogP contribution in [0.3, 0.4) is 0 Å². The van der Waals surface area contributed by atoms with Gasteiger partial charge in [0.2, 0.25) is 0 Å². The highest BCUT2D eigenvalue weighted by Crippen LogP contribution is 2.20. The van der Waals surface area contributed by atoms with Gasteiger partial charge >= 0.3 is 0 Å². The number of amides is 1. The summed E-state index contributed by atoms with van der Waals surface area (Å²) >= 11 is 1.45. The van der Waals surface area contributed by atoms with Crippen molar-refractivity contribution in [3.63, 3.8) is 0 Å². The van der Waals surface area contributed by atoms with Crippen molar-refractivity contribution in [3.05, 3.63) is 57.5 Å². The van der Waals surface area contributed by atoms with E-state index in [4.69, 9.17) is 0 Å². The molecule has 1 aromatic carbocycles. The van der Waals surface area contributed by atoms with Gasteiger partial charge in [0.25, 0.3) is 11.5 Å². The number of halogens is 2. The number of carbonyl (C=O) groups excluding carboxylic acids is 1. The van der Waals surface area contributed by atoms with E-state index in [1.165, 1.54) is 22.5 Å². The molecular weight excluding hydrogens is 312 g/mol. The number of nitrogens with zero attached hydrogens (tertiary/aromatic N) is 2. The van der Waals surface area contributed by atoms with Gasteiger partial charge in [0.1, 0.15) is 17.2 Å². The molecule has 5 nitrogen and oxygen atoms in total. The van der Waals surface area contributed by atoms with Crippen LogP contribution in [-0.4, -0.2) is 21.2 Å². The van der Waals surface area contributed by atoms with Crippen molar-refractivity contribution in [2.24, 2.45) is 0 Å². The van der Waals surface area contributed by atoms with Crippen LogP contribution in [0.4, 0.5) is 8.78 Å². The molecule has 114 valence electrons. The fourth-order valence-corrected chi connectivity index (χ4v) is 3.08. The lowest BCUT2D eigenvalue weighted by Crippen LogP contribution is -2.33. The van der Waals surface area contributed by atoms with Crippen LogP contribution in [0, 0.1) is 11.6 Å². The van der Waals surface area contributed by atoms with E-state index in [9.17, 15) is 18.4 Å². The third kappa shape index (κ3) is 2.87. The van der Waals surface area contributed by atoms with Gasteiger partial charge in [0.15, 0.2) is 5.16 Å². The van der Waals surface area contributed by atoms with E-state index in [-0.39, 0.29) is 17.7 Å². The summed E-state index contributed by atoms with van der Waals surface area (Å²) in [6.45, 7) is 0.436. The summed E-state index contributed by atoms with van der Waals surface area (Å²) in [4.78, 5) is 28.3. The normalized spacial score (nSPS) is 13.0. The predicted molar refractivity (Wildman–Crippen MR) is 76.7 cm³/mol. The highest BCUT2D eigenvalue weighted by molar-refractivity contribution is 7.99. The Kier molecular flexibility index (Phi) is 3.93. The molecule has 0 spiro atoms. The minimum Gasteiger partial charge on any atom is -0.348 e. The van der Waals surface area contributed by atoms with Crippen molar-refractivity contribution in [3.8, 4) is 0 Å². The summed E-state index contributed by atoms with van der Waals surface area (Å²) in [5.41, 5.74) is -0.211. The van der Waals surface area contributed by atoms with E-state index in [2.05, 4.69) is 10.3 Å². The van der Waals surface area contributed by atoms with E-state index >= 15 is 0 Å². The molecule has 22 heavy (non-hydrogen) atoms. The first-order valence-electron chi connectivity index (χ1n) is 6.50. The van der Waals surface area contributed by atoms with Gasteiger partial charge in [-0.2, -0.15) is 0 Å². The molecular formula is C14H11F2N3O2S. The average molecular weight is 323 g/mol. The van der Waals surface area contributed by atoms with Gasteiger partial charge in [0, 0.05) is 31.1 Å². The summed E-state index contributed by atoms with van der Waals surface area (Å²) in [6, 6.07) is 2.99. The predicted octanol–water partition coefficient (Wildman–Crippen LogP) is 1.56. The lowest BCUT2D eigenvalue weighted by molar-refractivity contribution is 0.0948. The van der Waals surface area contributed by atoms with Crippen LogP contribution < -0.4 is 10.9 Å². The molecule has 0 saturated carbocycles. The number of hydrogen-bond acceptors (Lipinski definition) is 4. The molecule has 1 aromatic heterocycles. The van der Waals surface area contributed by atoms with Gasteiger partial charge in [-0.15, -0.1) is 0 Å². The monoisotopic (exact) mass is 323 g/mol. The van der Waals surface area contributed by atoms with Gasteiger partial charge in [-0.05, 0) is 17.7 Å². The zero-order valence-electron chi connectivity index (χ0n) is 11.3. The SMILES string of the molecule is O=C(NCc1cc(F)cc(F)c1)c1cnc2n(c1=O)CCS2. The van der Waals surface area contributed by atoms with Crippen molar-refractivity contribution in [1.29, 1.82) is 0 Å². The molecule has 1 aliphatic heterocycles. The van der Waals surface area contributed by atoms with E-state index in [1.54, 1.807) is 0 Å². The first kappa shape index (κ1) is 14.7. The van der Waals surface area contributed by atoms with Crippen molar-refractivity contribution in [2.45, 2.75) is 18.2 Å². The quantitative estimate of drug-likeness (QED) is 0.871. The third-order valence-corrected chi connectivity index (χ3v) is 4.15. The van der Waals surface area contributed by atoms with Gasteiger partial charge < -0.3 is 5.32 Å². The van der Waals surface area contributed by atoms with Crippen molar-refractivity contribution in [1.82, 2.24) is 14.9 Å². The lowest BCUT2D eigenvalue weighted by Gasteiger charge is -2.07. The maximum atomic E-state index is 13.1. The molecule has 3 rings (SSSR count). The second-order valence-electron chi connectivity index (χ2n) is 4.72. The molecule has 1 N–H and O–H groups in total. The smallest absolute Gasteiger partial charge is 0.267 e. The number of rotatable bonds is 3. The molecule has 0 saturated heterocycles. The Bertz CT molecular complexity index is 787. The largest absolute Gasteiger partial charge is 0.348 e. The van der Waals surface area contributed by atoms with E-state index in [0.717, 1.165) is 24.0 Å². The number of carbonyl (C=O) groups is 1. The number of nitrogens with one attached hydrogen (secondary N) is 1. The molecule has 0 atom stereocenters. The highest BCUT2D eigenvalue weighted by Gasteiger charge is 2.19. The number of fused-ring (bicyclic) bond motifs is 1. The zero-order chi connectivity index (χ0) is 15.7. The topological polar surface area (TPSA) is 64.0 Å². The summed E-state index contributed by atoms with van der Waals surface area (Å²) in [7, 11) is 0. The molecule has 0 radical (unpaired) electrons. The molecule has 0 bridgehead atoms. The molecule has 1 aliphatic rings. The molecule has 0 unspecified atom stereocenters. The molecule has 0 aliphatic carbocycles. The number of benzene rings is 1. The van der Waals surface area contributed by atoms with E-state index in [0.29, 0.717) is 11.7 Å². The fourth-order valence-electron chi connectivity index (χ4n) is 2.16. The van der Waals surface area contributed by atoms with Crippen molar-refractivity contribution < 1.29 is 13.6 Å². The number of thioether (sulfide) groups is 1. The van der Waals surface area contributed by atoms with Crippen LogP contribution in [0.15, 0.2) is 34.3 Å². The summed E-state index contributed by atoms with van der Waals surface area (Å²) in [5.74, 6) is -1.31. The highest BCUT2D eigenvalue weighted by atomic mass is 32.2. The first-order chi connectivity index (χ1) is 10.5. The Morgan fingerprint density at radius 1 is 1.32 bits per heavy atom. The third-order valence-electron chi connectivity index (χ3n) is 3.18.